The van der Waals surface area contributed by atoms with E-state index < -0.39 is 17.8 Å². The molecule has 140 valence electrons. The minimum Gasteiger partial charge on any atom is -0.481 e. The molecule has 4 nitrogen and oxygen atoms in total. The van der Waals surface area contributed by atoms with E-state index in [0.29, 0.717) is 19.4 Å². The third-order valence-corrected chi connectivity index (χ3v) is 5.22. The number of hydrogen-bond donors (Lipinski definition) is 2. The van der Waals surface area contributed by atoms with Crippen LogP contribution in [0.25, 0.3) is 0 Å². The molecule has 27 heavy (non-hydrogen) atoms. The van der Waals surface area contributed by atoms with Gasteiger partial charge in [0.05, 0.1) is 11.8 Å². The molecule has 0 radical (unpaired) electrons. The first kappa shape index (κ1) is 18.9. The number of carboxylic acids is 1. The van der Waals surface area contributed by atoms with Crippen molar-refractivity contribution in [2.75, 3.05) is 6.54 Å². The Kier molecular flexibility index (Phi) is 6.42. The Hall–Kier alpha value is -2.88. The highest BCUT2D eigenvalue weighted by molar-refractivity contribution is 5.85. The Morgan fingerprint density at radius 1 is 0.889 bits per heavy atom. The molecular weight excluding hydrogens is 338 g/mol. The van der Waals surface area contributed by atoms with Gasteiger partial charge in [0.15, 0.2) is 0 Å². The number of carboxylic acid groups (broad SMARTS) is 1. The van der Waals surface area contributed by atoms with Crippen molar-refractivity contribution in [3.8, 4) is 0 Å². The van der Waals surface area contributed by atoms with Gasteiger partial charge in [0.1, 0.15) is 0 Å². The van der Waals surface area contributed by atoms with E-state index in [1.54, 1.807) is 0 Å². The van der Waals surface area contributed by atoms with Gasteiger partial charge in [0.25, 0.3) is 0 Å². The van der Waals surface area contributed by atoms with Gasteiger partial charge in [-0.15, -0.1) is 0 Å². The molecule has 0 heterocycles. The molecule has 2 atom stereocenters. The van der Waals surface area contributed by atoms with E-state index in [4.69, 9.17) is 0 Å². The maximum atomic E-state index is 12.6. The lowest BCUT2D eigenvalue weighted by Crippen LogP contribution is -2.39. The van der Waals surface area contributed by atoms with Crippen molar-refractivity contribution in [2.45, 2.75) is 25.2 Å². The van der Waals surface area contributed by atoms with Crippen molar-refractivity contribution < 1.29 is 14.7 Å². The summed E-state index contributed by atoms with van der Waals surface area (Å²) < 4.78 is 0. The van der Waals surface area contributed by atoms with E-state index in [9.17, 15) is 14.7 Å². The Balaban J connectivity index is 1.65. The van der Waals surface area contributed by atoms with Crippen LogP contribution in [-0.2, 0) is 9.59 Å². The topological polar surface area (TPSA) is 66.4 Å². The molecule has 0 fully saturated rings. The molecule has 0 spiro atoms. The van der Waals surface area contributed by atoms with Crippen molar-refractivity contribution in [3.05, 3.63) is 83.9 Å². The molecule has 0 aromatic heterocycles. The molecule has 0 aliphatic heterocycles. The first-order chi connectivity index (χ1) is 13.2. The molecule has 0 saturated carbocycles. The second-order valence-corrected chi connectivity index (χ2v) is 6.95. The minimum absolute atomic E-state index is 0.161. The number of allylic oxidation sites excluding steroid dienone is 2. The maximum absolute atomic E-state index is 12.6. The van der Waals surface area contributed by atoms with Gasteiger partial charge in [-0.2, -0.15) is 0 Å². The van der Waals surface area contributed by atoms with Crippen LogP contribution in [0.5, 0.6) is 0 Å². The van der Waals surface area contributed by atoms with Crippen LogP contribution in [0.3, 0.4) is 0 Å². The highest BCUT2D eigenvalue weighted by Gasteiger charge is 2.33. The van der Waals surface area contributed by atoms with Crippen molar-refractivity contribution in [3.63, 3.8) is 0 Å². The number of carbonyl (C=O) groups excluding carboxylic acids is 1. The van der Waals surface area contributed by atoms with Gasteiger partial charge in [0, 0.05) is 12.5 Å². The molecule has 4 heteroatoms. The summed E-state index contributed by atoms with van der Waals surface area (Å²) in [6, 6.07) is 20.5. The van der Waals surface area contributed by atoms with Crippen LogP contribution in [0.1, 0.15) is 36.3 Å². The maximum Gasteiger partial charge on any atom is 0.307 e. The fourth-order valence-electron chi connectivity index (χ4n) is 3.74. The number of carbonyl (C=O) groups is 2. The minimum atomic E-state index is -0.897. The Morgan fingerprint density at radius 2 is 1.41 bits per heavy atom. The van der Waals surface area contributed by atoms with Crippen LogP contribution < -0.4 is 5.32 Å². The number of rotatable bonds is 7. The molecule has 1 aliphatic rings. The SMILES string of the molecule is O=C(O)[C@H]1CC=CC[C@@H]1C(=O)NCCC(c1ccccc1)c1ccccc1. The van der Waals surface area contributed by atoms with E-state index in [0.717, 1.165) is 6.42 Å². The van der Waals surface area contributed by atoms with Crippen molar-refractivity contribution in [1.82, 2.24) is 5.32 Å². The molecule has 0 bridgehead atoms. The molecule has 0 unspecified atom stereocenters. The first-order valence-corrected chi connectivity index (χ1v) is 9.42. The number of benzene rings is 2. The van der Waals surface area contributed by atoms with Gasteiger partial charge in [-0.05, 0) is 30.4 Å². The van der Waals surface area contributed by atoms with Gasteiger partial charge >= 0.3 is 5.97 Å². The normalized spacial score (nSPS) is 19.0. The predicted octanol–water partition coefficient (Wildman–Crippen LogP) is 3.99. The molecule has 0 saturated heterocycles. The molecule has 2 aromatic carbocycles. The zero-order chi connectivity index (χ0) is 19.1. The zero-order valence-electron chi connectivity index (χ0n) is 15.3. The zero-order valence-corrected chi connectivity index (χ0v) is 15.3. The number of nitrogens with one attached hydrogen (secondary N) is 1. The molecule has 2 N–H and O–H groups in total. The Morgan fingerprint density at radius 3 is 1.93 bits per heavy atom. The molecule has 3 rings (SSSR count). The lowest BCUT2D eigenvalue weighted by atomic mass is 9.82. The highest BCUT2D eigenvalue weighted by Crippen LogP contribution is 2.28. The first-order valence-electron chi connectivity index (χ1n) is 9.42. The summed E-state index contributed by atoms with van der Waals surface area (Å²) in [6.45, 7) is 0.514. The summed E-state index contributed by atoms with van der Waals surface area (Å²) in [6.07, 6.45) is 5.43. The fraction of sp³-hybridized carbons (Fsp3) is 0.304. The predicted molar refractivity (Wildman–Crippen MR) is 105 cm³/mol. The van der Waals surface area contributed by atoms with E-state index in [2.05, 4.69) is 29.6 Å². The summed E-state index contributed by atoms with van der Waals surface area (Å²) in [5.74, 6) is -1.99. The molecular formula is C23H25NO3. The smallest absolute Gasteiger partial charge is 0.307 e. The van der Waals surface area contributed by atoms with E-state index in [1.165, 1.54) is 11.1 Å². The van der Waals surface area contributed by atoms with Crippen LogP contribution in [0.2, 0.25) is 0 Å². The summed E-state index contributed by atoms with van der Waals surface area (Å²) in [5.41, 5.74) is 2.42. The lowest BCUT2D eigenvalue weighted by Gasteiger charge is -2.25. The molecule has 2 aromatic rings. The highest BCUT2D eigenvalue weighted by atomic mass is 16.4. The van der Waals surface area contributed by atoms with Gasteiger partial charge in [-0.3, -0.25) is 9.59 Å². The largest absolute Gasteiger partial charge is 0.481 e. The average molecular weight is 363 g/mol. The van der Waals surface area contributed by atoms with Gasteiger partial charge in [0.2, 0.25) is 5.91 Å². The van der Waals surface area contributed by atoms with E-state index in [-0.39, 0.29) is 11.8 Å². The third-order valence-electron chi connectivity index (χ3n) is 5.22. The molecule has 1 amide bonds. The van der Waals surface area contributed by atoms with E-state index >= 15 is 0 Å². The fourth-order valence-corrected chi connectivity index (χ4v) is 3.74. The monoisotopic (exact) mass is 363 g/mol. The van der Waals surface area contributed by atoms with Crippen molar-refractivity contribution in [1.29, 1.82) is 0 Å². The standard InChI is InChI=1S/C23H25NO3/c25-22(20-13-7-8-14-21(20)23(26)27)24-16-15-19(17-9-3-1-4-10-17)18-11-5-2-6-12-18/h1-12,19-21H,13-16H2,(H,24,25)(H,26,27)/t20-,21-/m0/s1. The Labute approximate surface area is 159 Å². The van der Waals surface area contributed by atoms with Crippen molar-refractivity contribution in [2.24, 2.45) is 11.8 Å². The van der Waals surface area contributed by atoms with Crippen LogP contribution in [-0.4, -0.2) is 23.5 Å². The Bertz CT molecular complexity index is 746. The van der Waals surface area contributed by atoms with Crippen LogP contribution in [0.4, 0.5) is 0 Å². The van der Waals surface area contributed by atoms with E-state index in [1.807, 2.05) is 48.6 Å². The lowest BCUT2D eigenvalue weighted by molar-refractivity contribution is -0.147. The number of amides is 1. The third kappa shape index (κ3) is 4.85. The van der Waals surface area contributed by atoms with Gasteiger partial charge < -0.3 is 10.4 Å². The summed E-state index contributed by atoms with van der Waals surface area (Å²) in [5, 5.41) is 12.3. The number of aliphatic carboxylic acids is 1. The van der Waals surface area contributed by atoms with Crippen LogP contribution >= 0.6 is 0 Å². The second-order valence-electron chi connectivity index (χ2n) is 6.95. The molecule has 1 aliphatic carbocycles. The van der Waals surface area contributed by atoms with Gasteiger partial charge in [-0.1, -0.05) is 72.8 Å². The summed E-state index contributed by atoms with van der Waals surface area (Å²) in [7, 11) is 0. The summed E-state index contributed by atoms with van der Waals surface area (Å²) >= 11 is 0. The number of hydrogen-bond acceptors (Lipinski definition) is 2. The summed E-state index contributed by atoms with van der Waals surface area (Å²) in [4.78, 5) is 24.0. The second kappa shape index (κ2) is 9.17. The van der Waals surface area contributed by atoms with Crippen molar-refractivity contribution >= 4 is 11.9 Å². The van der Waals surface area contributed by atoms with Crippen LogP contribution in [0, 0.1) is 11.8 Å². The van der Waals surface area contributed by atoms with Crippen LogP contribution in [0.15, 0.2) is 72.8 Å². The average Bonchev–Trinajstić information content (AvgIpc) is 2.72. The van der Waals surface area contributed by atoms with Gasteiger partial charge in [-0.25, -0.2) is 0 Å². The quantitative estimate of drug-likeness (QED) is 0.731.